The van der Waals surface area contributed by atoms with Crippen molar-refractivity contribution in [2.24, 2.45) is 5.10 Å². The molecule has 1 fully saturated rings. The van der Waals surface area contributed by atoms with Crippen molar-refractivity contribution in [1.82, 2.24) is 10.3 Å². The maximum atomic E-state index is 9.73. The molecule has 13 heavy (non-hydrogen) atoms. The summed E-state index contributed by atoms with van der Waals surface area (Å²) in [6.07, 6.45) is 2.47. The van der Waals surface area contributed by atoms with E-state index in [-0.39, 0.29) is 0 Å². The molecule has 0 amide bonds. The number of hydrazone groups is 1. The van der Waals surface area contributed by atoms with E-state index in [0.717, 1.165) is 18.8 Å². The fraction of sp³-hybridized carbons (Fsp3) is 0.667. The number of aliphatic hydroxyl groups is 1. The number of nitrogens with one attached hydrogen (secondary N) is 1. The Hall–Kier alpha value is -1.03. The van der Waals surface area contributed by atoms with Crippen molar-refractivity contribution in [2.75, 3.05) is 20.1 Å². The van der Waals surface area contributed by atoms with Crippen LogP contribution in [0.25, 0.3) is 0 Å². The van der Waals surface area contributed by atoms with Crippen molar-refractivity contribution in [1.29, 1.82) is 0 Å². The zero-order valence-corrected chi connectivity index (χ0v) is 8.25. The summed E-state index contributed by atoms with van der Waals surface area (Å²) in [5, 5.41) is 13.8. The molecule has 0 aromatic heterocycles. The molecule has 1 rings (SSSR count). The summed E-state index contributed by atoms with van der Waals surface area (Å²) in [7, 11) is 1.75. The normalized spacial score (nSPS) is 29.2. The van der Waals surface area contributed by atoms with Gasteiger partial charge in [0, 0.05) is 20.1 Å². The van der Waals surface area contributed by atoms with Crippen LogP contribution in [0.5, 0.6) is 0 Å². The van der Waals surface area contributed by atoms with Gasteiger partial charge in [0.25, 0.3) is 0 Å². The number of hydrogen-bond acceptors (Lipinski definition) is 3. The van der Waals surface area contributed by atoms with Gasteiger partial charge in [-0.15, -0.1) is 0 Å². The summed E-state index contributed by atoms with van der Waals surface area (Å²) in [6, 6.07) is 0. The molecule has 0 aromatic rings. The molecule has 1 saturated heterocycles. The maximum Gasteiger partial charge on any atom is 0.147 e. The van der Waals surface area contributed by atoms with Crippen molar-refractivity contribution >= 4 is 5.84 Å². The highest BCUT2D eigenvalue weighted by molar-refractivity contribution is 5.92. The quantitative estimate of drug-likeness (QED) is 0.364. The van der Waals surface area contributed by atoms with Crippen molar-refractivity contribution < 1.29 is 5.11 Å². The summed E-state index contributed by atoms with van der Waals surface area (Å²) in [6.45, 7) is 6.98. The zero-order chi connectivity index (χ0) is 9.90. The molecular weight excluding hydrogens is 166 g/mol. The minimum atomic E-state index is -0.586. The Morgan fingerprint density at radius 2 is 2.46 bits per heavy atom. The molecular formula is C9H17N3O. The van der Waals surface area contributed by atoms with Gasteiger partial charge in [-0.05, 0) is 19.4 Å². The molecule has 0 saturated carbocycles. The number of amidine groups is 1. The van der Waals surface area contributed by atoms with Gasteiger partial charge in [0.15, 0.2) is 0 Å². The summed E-state index contributed by atoms with van der Waals surface area (Å²) in [5.41, 5.74) is 2.13. The third-order valence-electron chi connectivity index (χ3n) is 2.18. The van der Waals surface area contributed by atoms with Crippen LogP contribution in [-0.2, 0) is 0 Å². The molecule has 1 atom stereocenters. The number of nitrogens with zero attached hydrogens (tertiary/aromatic N) is 2. The number of hydrogen-bond donors (Lipinski definition) is 2. The highest BCUT2D eigenvalue weighted by Gasteiger charge is 2.32. The largest absolute Gasteiger partial charge is 0.388 e. The molecule has 0 radical (unpaired) electrons. The van der Waals surface area contributed by atoms with Gasteiger partial charge in [-0.25, -0.2) is 0 Å². The lowest BCUT2D eigenvalue weighted by molar-refractivity contribution is 0.0754. The topological polar surface area (TPSA) is 47.9 Å². The van der Waals surface area contributed by atoms with E-state index in [1.165, 1.54) is 0 Å². The third kappa shape index (κ3) is 2.45. The van der Waals surface area contributed by atoms with Crippen LogP contribution in [0.15, 0.2) is 17.8 Å². The van der Waals surface area contributed by atoms with Crippen LogP contribution >= 0.6 is 0 Å². The van der Waals surface area contributed by atoms with Gasteiger partial charge in [-0.2, -0.15) is 5.10 Å². The molecule has 0 aliphatic carbocycles. The Balaban J connectivity index is 2.63. The monoisotopic (exact) mass is 183 g/mol. The van der Waals surface area contributed by atoms with Crippen LogP contribution in [0.1, 0.15) is 13.3 Å². The second-order valence-electron chi connectivity index (χ2n) is 3.57. The lowest BCUT2D eigenvalue weighted by atomic mass is 10.1. The predicted octanol–water partition coefficient (Wildman–Crippen LogP) is 0.162. The fourth-order valence-electron chi connectivity index (χ4n) is 1.50. The molecule has 4 heteroatoms. The number of β-amino-alcohol motifs (C(OH)–C–C–N with tert-alkyl or cyclic N) is 1. The van der Waals surface area contributed by atoms with Crippen LogP contribution < -0.4 is 5.43 Å². The summed E-state index contributed by atoms with van der Waals surface area (Å²) in [4.78, 5) is 2.02. The highest BCUT2D eigenvalue weighted by Crippen LogP contribution is 2.20. The van der Waals surface area contributed by atoms with Gasteiger partial charge in [-0.3, -0.25) is 0 Å². The van der Waals surface area contributed by atoms with Gasteiger partial charge in [-0.1, -0.05) is 6.58 Å². The molecule has 0 aromatic carbocycles. The number of rotatable bonds is 2. The molecule has 0 spiro atoms. The first-order valence-electron chi connectivity index (χ1n) is 4.43. The molecule has 74 valence electrons. The van der Waals surface area contributed by atoms with E-state index < -0.39 is 5.60 Å². The molecule has 1 heterocycles. The van der Waals surface area contributed by atoms with Crippen LogP contribution in [0, 0.1) is 0 Å². The zero-order valence-electron chi connectivity index (χ0n) is 8.25. The minimum absolute atomic E-state index is 0.586. The first-order valence-corrected chi connectivity index (χ1v) is 4.43. The molecule has 2 N–H and O–H groups in total. The van der Waals surface area contributed by atoms with Gasteiger partial charge in [0.2, 0.25) is 0 Å². The standard InChI is InChI=1S/C9H17N3O/c1-4-8(11-10-3)12-6-5-9(2,13)7-12/h4,10,13H,1,5-7H2,2-3H3/b11-8+. The van der Waals surface area contributed by atoms with Gasteiger partial charge in [0.1, 0.15) is 5.84 Å². The van der Waals surface area contributed by atoms with Crippen molar-refractivity contribution in [3.63, 3.8) is 0 Å². The number of likely N-dealkylation sites (tertiary alicyclic amines) is 1. The van der Waals surface area contributed by atoms with E-state index in [2.05, 4.69) is 17.1 Å². The fourth-order valence-corrected chi connectivity index (χ4v) is 1.50. The van der Waals surface area contributed by atoms with E-state index in [1.807, 2.05) is 11.8 Å². The Morgan fingerprint density at radius 1 is 1.77 bits per heavy atom. The average molecular weight is 183 g/mol. The average Bonchev–Trinajstić information content (AvgIpc) is 2.42. The first kappa shape index (κ1) is 10.1. The van der Waals surface area contributed by atoms with Crippen molar-refractivity contribution in [3.05, 3.63) is 12.7 Å². The van der Waals surface area contributed by atoms with E-state index >= 15 is 0 Å². The van der Waals surface area contributed by atoms with E-state index in [0.29, 0.717) is 6.54 Å². The second kappa shape index (κ2) is 3.79. The van der Waals surface area contributed by atoms with Crippen LogP contribution in [0.2, 0.25) is 0 Å². The van der Waals surface area contributed by atoms with E-state index in [1.54, 1.807) is 13.1 Å². The lowest BCUT2D eigenvalue weighted by Gasteiger charge is -2.20. The van der Waals surface area contributed by atoms with E-state index in [9.17, 15) is 5.11 Å². The predicted molar refractivity (Wildman–Crippen MR) is 53.5 cm³/mol. The molecule has 1 aliphatic rings. The highest BCUT2D eigenvalue weighted by atomic mass is 16.3. The Morgan fingerprint density at radius 3 is 2.85 bits per heavy atom. The Labute approximate surface area is 78.9 Å². The van der Waals surface area contributed by atoms with Crippen molar-refractivity contribution in [3.8, 4) is 0 Å². The van der Waals surface area contributed by atoms with Gasteiger partial charge >= 0.3 is 0 Å². The summed E-state index contributed by atoms with van der Waals surface area (Å²) >= 11 is 0. The molecule has 1 unspecified atom stereocenters. The van der Waals surface area contributed by atoms with Crippen LogP contribution in [0.4, 0.5) is 0 Å². The summed E-state index contributed by atoms with van der Waals surface area (Å²) in [5.74, 6) is 0.792. The maximum absolute atomic E-state index is 9.73. The Kier molecular flexibility index (Phi) is 2.93. The minimum Gasteiger partial charge on any atom is -0.388 e. The van der Waals surface area contributed by atoms with Crippen LogP contribution in [-0.4, -0.2) is 41.6 Å². The lowest BCUT2D eigenvalue weighted by Crippen LogP contribution is -2.33. The van der Waals surface area contributed by atoms with E-state index in [4.69, 9.17) is 0 Å². The second-order valence-corrected chi connectivity index (χ2v) is 3.57. The van der Waals surface area contributed by atoms with Gasteiger partial charge in [0.05, 0.1) is 5.60 Å². The summed E-state index contributed by atoms with van der Waals surface area (Å²) < 4.78 is 0. The smallest absolute Gasteiger partial charge is 0.147 e. The van der Waals surface area contributed by atoms with Gasteiger partial charge < -0.3 is 15.4 Å². The van der Waals surface area contributed by atoms with Crippen molar-refractivity contribution in [2.45, 2.75) is 18.9 Å². The first-order chi connectivity index (χ1) is 6.09. The Bertz CT molecular complexity index is 223. The molecule has 0 bridgehead atoms. The third-order valence-corrected chi connectivity index (χ3v) is 2.18. The van der Waals surface area contributed by atoms with Crippen LogP contribution in [0.3, 0.4) is 0 Å². The molecule has 4 nitrogen and oxygen atoms in total. The SMILES string of the molecule is C=C/C(=N\NC)N1CCC(C)(O)C1. The molecule has 1 aliphatic heterocycles.